The van der Waals surface area contributed by atoms with Crippen LogP contribution < -0.4 is 0 Å². The Hall–Kier alpha value is -1.40. The smallest absolute Gasteiger partial charge is 0.313 e. The fraction of sp³-hybridized carbons (Fsp3) is 0.684. The number of aliphatic carboxylic acids is 1. The van der Waals surface area contributed by atoms with E-state index in [0.717, 1.165) is 25.9 Å². The fourth-order valence-electron chi connectivity index (χ4n) is 4.34. The van der Waals surface area contributed by atoms with E-state index in [-0.39, 0.29) is 11.8 Å². The van der Waals surface area contributed by atoms with Gasteiger partial charge in [0.25, 0.3) is 0 Å². The monoisotopic (exact) mass is 364 g/mol. The summed E-state index contributed by atoms with van der Waals surface area (Å²) in [5.74, 6) is -0.0377. The zero-order chi connectivity index (χ0) is 18.0. The first-order chi connectivity index (χ1) is 11.9. The molecule has 5 nitrogen and oxygen atoms in total. The van der Waals surface area contributed by atoms with Crippen LogP contribution in [-0.2, 0) is 16.0 Å². The summed E-state index contributed by atoms with van der Waals surface area (Å²) >= 11 is 1.72. The lowest BCUT2D eigenvalue weighted by Gasteiger charge is -2.26. The van der Waals surface area contributed by atoms with Gasteiger partial charge in [-0.05, 0) is 30.2 Å². The summed E-state index contributed by atoms with van der Waals surface area (Å²) in [6.07, 6.45) is 2.27. The largest absolute Gasteiger partial charge is 0.481 e. The van der Waals surface area contributed by atoms with Crippen LogP contribution in [-0.4, -0.2) is 59.5 Å². The van der Waals surface area contributed by atoms with Crippen LogP contribution in [0.2, 0.25) is 0 Å². The van der Waals surface area contributed by atoms with Gasteiger partial charge in [0.15, 0.2) is 0 Å². The van der Waals surface area contributed by atoms with Crippen molar-refractivity contribution in [3.63, 3.8) is 0 Å². The molecule has 2 aliphatic heterocycles. The molecule has 0 spiro atoms. The average molecular weight is 365 g/mol. The van der Waals surface area contributed by atoms with Gasteiger partial charge in [-0.1, -0.05) is 19.9 Å². The Bertz CT molecular complexity index is 616. The van der Waals surface area contributed by atoms with E-state index in [9.17, 15) is 14.7 Å². The number of carbonyl (C=O) groups is 2. The van der Waals surface area contributed by atoms with E-state index in [0.29, 0.717) is 32.0 Å². The number of fused-ring (bicyclic) bond motifs is 1. The number of carboxylic acids is 1. The van der Waals surface area contributed by atoms with E-state index < -0.39 is 11.4 Å². The zero-order valence-electron chi connectivity index (χ0n) is 15.1. The molecule has 138 valence electrons. The highest BCUT2D eigenvalue weighted by atomic mass is 32.1. The van der Waals surface area contributed by atoms with Crippen molar-refractivity contribution in [1.82, 2.24) is 9.80 Å². The van der Waals surface area contributed by atoms with Gasteiger partial charge >= 0.3 is 5.97 Å². The lowest BCUT2D eigenvalue weighted by atomic mass is 9.81. The first kappa shape index (κ1) is 18.4. The molecule has 0 saturated carbocycles. The number of thiophene rings is 1. The van der Waals surface area contributed by atoms with Crippen molar-refractivity contribution in [3.8, 4) is 0 Å². The van der Waals surface area contributed by atoms with Crippen LogP contribution in [0.5, 0.6) is 0 Å². The number of carboxylic acid groups (broad SMARTS) is 1. The quantitative estimate of drug-likeness (QED) is 0.808. The first-order valence-electron chi connectivity index (χ1n) is 9.16. The van der Waals surface area contributed by atoms with Crippen molar-refractivity contribution in [3.05, 3.63) is 22.4 Å². The van der Waals surface area contributed by atoms with E-state index >= 15 is 0 Å². The summed E-state index contributed by atoms with van der Waals surface area (Å²) in [5, 5.41) is 11.9. The maximum atomic E-state index is 12.6. The number of hydrogen-bond acceptors (Lipinski definition) is 4. The van der Waals surface area contributed by atoms with Gasteiger partial charge < -0.3 is 14.9 Å². The van der Waals surface area contributed by atoms with E-state index in [2.05, 4.69) is 30.2 Å². The molecular formula is C19H28N2O3S. The second-order valence-corrected chi connectivity index (χ2v) is 8.99. The van der Waals surface area contributed by atoms with Crippen molar-refractivity contribution in [2.45, 2.75) is 33.1 Å². The van der Waals surface area contributed by atoms with Gasteiger partial charge in [-0.2, -0.15) is 0 Å². The van der Waals surface area contributed by atoms with Crippen LogP contribution in [0.15, 0.2) is 17.5 Å². The van der Waals surface area contributed by atoms with Crippen LogP contribution in [0.4, 0.5) is 0 Å². The molecule has 2 saturated heterocycles. The van der Waals surface area contributed by atoms with Crippen molar-refractivity contribution >= 4 is 23.2 Å². The van der Waals surface area contributed by atoms with Gasteiger partial charge in [0, 0.05) is 49.9 Å². The minimum Gasteiger partial charge on any atom is -0.481 e. The highest BCUT2D eigenvalue weighted by molar-refractivity contribution is 7.09. The minimum absolute atomic E-state index is 0.0602. The molecule has 1 aromatic rings. The second kappa shape index (κ2) is 7.46. The molecule has 0 radical (unpaired) electrons. The van der Waals surface area contributed by atoms with E-state index in [1.54, 1.807) is 16.2 Å². The number of aryl methyl sites for hydroxylation is 1. The van der Waals surface area contributed by atoms with Gasteiger partial charge in [0.1, 0.15) is 5.41 Å². The summed E-state index contributed by atoms with van der Waals surface area (Å²) < 4.78 is 0. The zero-order valence-corrected chi connectivity index (χ0v) is 15.9. The predicted octanol–water partition coefficient (Wildman–Crippen LogP) is 2.57. The third-order valence-electron chi connectivity index (χ3n) is 5.48. The third-order valence-corrected chi connectivity index (χ3v) is 6.41. The number of hydrogen-bond donors (Lipinski definition) is 1. The summed E-state index contributed by atoms with van der Waals surface area (Å²) in [6, 6.07) is 4.13. The Morgan fingerprint density at radius 3 is 2.76 bits per heavy atom. The normalized spacial score (nSPS) is 26.4. The third kappa shape index (κ3) is 3.90. The Morgan fingerprint density at radius 2 is 2.16 bits per heavy atom. The second-order valence-electron chi connectivity index (χ2n) is 7.95. The fourth-order valence-corrected chi connectivity index (χ4v) is 5.10. The van der Waals surface area contributed by atoms with Crippen molar-refractivity contribution in [2.75, 3.05) is 32.7 Å². The number of rotatable bonds is 7. The molecule has 3 heterocycles. The molecule has 2 aliphatic rings. The molecule has 0 unspecified atom stereocenters. The Morgan fingerprint density at radius 1 is 1.36 bits per heavy atom. The Labute approximate surface area is 153 Å². The number of carbonyl (C=O) groups excluding carboxylic acids is 1. The number of nitrogens with zero attached hydrogens (tertiary/aromatic N) is 2. The molecule has 0 bridgehead atoms. The highest BCUT2D eigenvalue weighted by Crippen LogP contribution is 2.43. The topological polar surface area (TPSA) is 60.9 Å². The van der Waals surface area contributed by atoms with Crippen LogP contribution in [0.25, 0.3) is 0 Å². The van der Waals surface area contributed by atoms with Gasteiger partial charge in [-0.25, -0.2) is 0 Å². The molecule has 2 atom stereocenters. The molecule has 1 aromatic heterocycles. The van der Waals surface area contributed by atoms with Crippen molar-refractivity contribution in [2.24, 2.45) is 17.3 Å². The Kier molecular flexibility index (Phi) is 5.49. The minimum atomic E-state index is -0.766. The first-order valence-corrected chi connectivity index (χ1v) is 10.0. The van der Waals surface area contributed by atoms with Gasteiger partial charge in [0.05, 0.1) is 0 Å². The van der Waals surface area contributed by atoms with Gasteiger partial charge in [-0.15, -0.1) is 11.3 Å². The van der Waals surface area contributed by atoms with Gasteiger partial charge in [-0.3, -0.25) is 9.59 Å². The molecule has 0 aromatic carbocycles. The maximum absolute atomic E-state index is 12.6. The molecule has 1 N–H and O–H groups in total. The van der Waals surface area contributed by atoms with Crippen LogP contribution >= 0.6 is 11.3 Å². The molecule has 0 aliphatic carbocycles. The van der Waals surface area contributed by atoms with E-state index in [4.69, 9.17) is 0 Å². The molecule has 25 heavy (non-hydrogen) atoms. The van der Waals surface area contributed by atoms with E-state index in [1.807, 2.05) is 6.07 Å². The average Bonchev–Trinajstić information content (AvgIpc) is 3.20. The van der Waals surface area contributed by atoms with Crippen LogP contribution in [0, 0.1) is 17.3 Å². The summed E-state index contributed by atoms with van der Waals surface area (Å²) in [5.41, 5.74) is -0.766. The van der Waals surface area contributed by atoms with Crippen molar-refractivity contribution in [1.29, 1.82) is 0 Å². The highest BCUT2D eigenvalue weighted by Gasteiger charge is 2.58. The summed E-state index contributed by atoms with van der Waals surface area (Å²) in [7, 11) is 0. The molecule has 6 heteroatoms. The number of likely N-dealkylation sites (tertiary alicyclic amines) is 2. The van der Waals surface area contributed by atoms with Gasteiger partial charge in [0.2, 0.25) is 5.91 Å². The number of amides is 1. The van der Waals surface area contributed by atoms with Crippen LogP contribution in [0.3, 0.4) is 0 Å². The maximum Gasteiger partial charge on any atom is 0.313 e. The van der Waals surface area contributed by atoms with Crippen LogP contribution in [0.1, 0.15) is 31.6 Å². The lowest BCUT2D eigenvalue weighted by Crippen LogP contribution is -2.42. The lowest BCUT2D eigenvalue weighted by molar-refractivity contribution is -0.149. The predicted molar refractivity (Wildman–Crippen MR) is 98.7 cm³/mol. The Balaban J connectivity index is 1.56. The summed E-state index contributed by atoms with van der Waals surface area (Å²) in [4.78, 5) is 29.9. The molecule has 2 fully saturated rings. The molecule has 3 rings (SSSR count). The standard InChI is InChI=1S/C19H28N2O3S/c1-14(2)9-20-10-15-11-21(13-19(15,12-20)18(23)24)17(22)7-3-5-16-6-4-8-25-16/h4,6,8,14-15H,3,5,7,9-13H2,1-2H3,(H,23,24)/t15-,19-/m0/s1. The SMILES string of the molecule is CC(C)CN1C[C@H]2CN(C(=O)CCCc3cccs3)C[C@@]2(C(=O)O)C1. The van der Waals surface area contributed by atoms with E-state index in [1.165, 1.54) is 4.88 Å². The van der Waals surface area contributed by atoms with Crippen molar-refractivity contribution < 1.29 is 14.7 Å². The molecular weight excluding hydrogens is 336 g/mol. The molecule has 1 amide bonds. The summed E-state index contributed by atoms with van der Waals surface area (Å²) in [6.45, 7) is 7.59.